The van der Waals surface area contributed by atoms with Gasteiger partial charge in [-0.3, -0.25) is 20.4 Å². The number of hydrogen-bond donors (Lipinski definition) is 3. The number of amides is 2. The highest BCUT2D eigenvalue weighted by molar-refractivity contribution is 5.92. The summed E-state index contributed by atoms with van der Waals surface area (Å²) in [7, 11) is 3.24. The number of ether oxygens (including phenoxy) is 2. The SMILES string of the molecule is COc1ccc([C@H]2CCC[NH+]2CC(=O)NNC(=O)c2ccco2)c(OC)c1. The molecule has 2 atom stereocenters. The van der Waals surface area contributed by atoms with E-state index >= 15 is 0 Å². The van der Waals surface area contributed by atoms with E-state index in [0.717, 1.165) is 41.3 Å². The zero-order valence-electron chi connectivity index (χ0n) is 15.4. The van der Waals surface area contributed by atoms with Gasteiger partial charge in [-0.25, -0.2) is 0 Å². The molecule has 3 N–H and O–H groups in total. The van der Waals surface area contributed by atoms with Gasteiger partial charge in [0.15, 0.2) is 12.3 Å². The Morgan fingerprint density at radius 1 is 1.22 bits per heavy atom. The second-order valence-corrected chi connectivity index (χ2v) is 6.37. The van der Waals surface area contributed by atoms with Crippen LogP contribution in [-0.4, -0.2) is 39.1 Å². The van der Waals surface area contributed by atoms with Crippen molar-refractivity contribution in [2.24, 2.45) is 0 Å². The second kappa shape index (κ2) is 8.59. The lowest BCUT2D eigenvalue weighted by atomic mass is 10.0. The van der Waals surface area contributed by atoms with Crippen LogP contribution in [0.15, 0.2) is 41.0 Å². The molecule has 0 bridgehead atoms. The molecule has 1 saturated heterocycles. The summed E-state index contributed by atoms with van der Waals surface area (Å²) in [5.41, 5.74) is 5.86. The molecule has 27 heavy (non-hydrogen) atoms. The Balaban J connectivity index is 1.61. The van der Waals surface area contributed by atoms with Gasteiger partial charge >= 0.3 is 5.91 Å². The zero-order chi connectivity index (χ0) is 19.2. The topological polar surface area (TPSA) is 94.2 Å². The molecule has 144 valence electrons. The van der Waals surface area contributed by atoms with E-state index in [1.54, 1.807) is 20.3 Å². The first-order valence-corrected chi connectivity index (χ1v) is 8.81. The number of carbonyl (C=O) groups excluding carboxylic acids is 2. The predicted octanol–water partition coefficient (Wildman–Crippen LogP) is 0.478. The monoisotopic (exact) mass is 374 g/mol. The van der Waals surface area contributed by atoms with Crippen molar-refractivity contribution in [2.75, 3.05) is 27.3 Å². The first-order valence-electron chi connectivity index (χ1n) is 8.81. The van der Waals surface area contributed by atoms with Crippen molar-refractivity contribution in [3.8, 4) is 11.5 Å². The summed E-state index contributed by atoms with van der Waals surface area (Å²) >= 11 is 0. The summed E-state index contributed by atoms with van der Waals surface area (Å²) in [6.45, 7) is 1.12. The predicted molar refractivity (Wildman–Crippen MR) is 96.5 cm³/mol. The molecule has 1 aromatic heterocycles. The molecule has 8 nitrogen and oxygen atoms in total. The van der Waals surface area contributed by atoms with E-state index in [1.807, 2.05) is 18.2 Å². The summed E-state index contributed by atoms with van der Waals surface area (Å²) in [5, 5.41) is 0. The van der Waals surface area contributed by atoms with E-state index in [9.17, 15) is 9.59 Å². The Bertz CT molecular complexity index is 791. The molecule has 0 radical (unpaired) electrons. The van der Waals surface area contributed by atoms with Gasteiger partial charge in [0, 0.05) is 18.9 Å². The van der Waals surface area contributed by atoms with Gasteiger partial charge in [0.2, 0.25) is 0 Å². The van der Waals surface area contributed by atoms with Gasteiger partial charge in [-0.2, -0.15) is 0 Å². The molecule has 2 aromatic rings. The standard InChI is InChI=1S/C19H23N3O5/c1-25-13-7-8-14(17(11-13)26-2)15-5-3-9-22(15)12-18(23)20-21-19(24)16-6-4-10-27-16/h4,6-8,10-11,15H,3,5,9,12H2,1-2H3,(H,20,23)(H,21,24)/p+1/t15-/m1/s1. The van der Waals surface area contributed by atoms with Gasteiger partial charge in [0.05, 0.1) is 32.6 Å². The molecule has 0 saturated carbocycles. The largest absolute Gasteiger partial charge is 0.497 e. The number of quaternary nitrogens is 1. The number of benzene rings is 1. The molecular formula is C19H24N3O5+. The molecular weight excluding hydrogens is 350 g/mol. The van der Waals surface area contributed by atoms with Crippen molar-refractivity contribution in [2.45, 2.75) is 18.9 Å². The average molecular weight is 374 g/mol. The van der Waals surface area contributed by atoms with Crippen LogP contribution in [0.25, 0.3) is 0 Å². The third-order valence-corrected chi connectivity index (χ3v) is 4.75. The minimum absolute atomic E-state index is 0.143. The van der Waals surface area contributed by atoms with Gasteiger partial charge in [-0.05, 0) is 24.3 Å². The Hall–Kier alpha value is -3.00. The number of hydrogen-bond acceptors (Lipinski definition) is 5. The first-order chi connectivity index (χ1) is 13.1. The number of methoxy groups -OCH3 is 2. The molecule has 2 amide bonds. The van der Waals surface area contributed by atoms with Crippen molar-refractivity contribution in [3.05, 3.63) is 47.9 Å². The lowest BCUT2D eigenvalue weighted by Crippen LogP contribution is -3.11. The van der Waals surface area contributed by atoms with E-state index in [2.05, 4.69) is 10.9 Å². The van der Waals surface area contributed by atoms with Crippen LogP contribution in [0.5, 0.6) is 11.5 Å². The van der Waals surface area contributed by atoms with Crippen molar-refractivity contribution in [1.82, 2.24) is 10.9 Å². The number of carbonyl (C=O) groups is 2. The van der Waals surface area contributed by atoms with Gasteiger partial charge < -0.3 is 18.8 Å². The molecule has 1 fully saturated rings. The van der Waals surface area contributed by atoms with E-state index in [1.165, 1.54) is 12.3 Å². The second-order valence-electron chi connectivity index (χ2n) is 6.37. The maximum atomic E-state index is 12.3. The van der Waals surface area contributed by atoms with Crippen molar-refractivity contribution in [3.63, 3.8) is 0 Å². The lowest BCUT2D eigenvalue weighted by molar-refractivity contribution is -0.910. The van der Waals surface area contributed by atoms with Crippen molar-refractivity contribution in [1.29, 1.82) is 0 Å². The Morgan fingerprint density at radius 2 is 2.07 bits per heavy atom. The van der Waals surface area contributed by atoms with Crippen LogP contribution in [0.2, 0.25) is 0 Å². The molecule has 1 aromatic carbocycles. The molecule has 1 aliphatic heterocycles. The Morgan fingerprint density at radius 3 is 2.78 bits per heavy atom. The molecule has 1 aliphatic rings. The fraction of sp³-hybridized carbons (Fsp3) is 0.368. The molecule has 3 rings (SSSR count). The van der Waals surface area contributed by atoms with Crippen molar-refractivity contribution < 1.29 is 28.4 Å². The van der Waals surface area contributed by atoms with Gasteiger partial charge in [-0.1, -0.05) is 0 Å². The summed E-state index contributed by atoms with van der Waals surface area (Å²) in [6.07, 6.45) is 3.38. The van der Waals surface area contributed by atoms with Crippen LogP contribution in [0.3, 0.4) is 0 Å². The molecule has 2 heterocycles. The number of furan rings is 1. The molecule has 0 spiro atoms. The smallest absolute Gasteiger partial charge is 0.305 e. The highest BCUT2D eigenvalue weighted by Gasteiger charge is 2.33. The summed E-state index contributed by atoms with van der Waals surface area (Å²) in [6, 6.07) is 9.03. The van der Waals surface area contributed by atoms with Gasteiger partial charge in [0.25, 0.3) is 5.91 Å². The fourth-order valence-corrected chi connectivity index (χ4v) is 3.45. The average Bonchev–Trinajstić information content (AvgIpc) is 3.37. The summed E-state index contributed by atoms with van der Waals surface area (Å²) < 4.78 is 15.8. The Kier molecular flexibility index (Phi) is 5.97. The molecule has 0 aliphatic carbocycles. The Labute approximate surface area is 157 Å². The minimum atomic E-state index is -0.488. The van der Waals surface area contributed by atoms with Crippen LogP contribution in [0, 0.1) is 0 Å². The number of hydrazine groups is 1. The highest BCUT2D eigenvalue weighted by atomic mass is 16.5. The van der Waals surface area contributed by atoms with Crippen molar-refractivity contribution >= 4 is 11.8 Å². The maximum Gasteiger partial charge on any atom is 0.305 e. The number of nitrogens with one attached hydrogen (secondary N) is 3. The summed E-state index contributed by atoms with van der Waals surface area (Å²) in [4.78, 5) is 25.2. The van der Waals surface area contributed by atoms with E-state index in [0.29, 0.717) is 0 Å². The van der Waals surface area contributed by atoms with E-state index in [4.69, 9.17) is 13.9 Å². The zero-order valence-corrected chi connectivity index (χ0v) is 15.4. The molecule has 8 heteroatoms. The first kappa shape index (κ1) is 18.8. The number of rotatable bonds is 6. The fourth-order valence-electron chi connectivity index (χ4n) is 3.45. The van der Waals surface area contributed by atoms with Crippen LogP contribution in [-0.2, 0) is 4.79 Å². The normalized spacial score (nSPS) is 18.7. The minimum Gasteiger partial charge on any atom is -0.497 e. The third kappa shape index (κ3) is 4.40. The lowest BCUT2D eigenvalue weighted by Gasteiger charge is -2.23. The van der Waals surface area contributed by atoms with Crippen LogP contribution in [0.4, 0.5) is 0 Å². The molecule has 1 unspecified atom stereocenters. The quantitative estimate of drug-likeness (QED) is 0.640. The van der Waals surface area contributed by atoms with Gasteiger partial charge in [-0.15, -0.1) is 0 Å². The van der Waals surface area contributed by atoms with E-state index < -0.39 is 5.91 Å². The van der Waals surface area contributed by atoms with Crippen LogP contribution in [0.1, 0.15) is 35.0 Å². The maximum absolute atomic E-state index is 12.3. The van der Waals surface area contributed by atoms with E-state index in [-0.39, 0.29) is 24.3 Å². The van der Waals surface area contributed by atoms with Crippen LogP contribution >= 0.6 is 0 Å². The highest BCUT2D eigenvalue weighted by Crippen LogP contribution is 2.31. The third-order valence-electron chi connectivity index (χ3n) is 4.75. The van der Waals surface area contributed by atoms with Gasteiger partial charge in [0.1, 0.15) is 17.5 Å². The number of likely N-dealkylation sites (tertiary alicyclic amines) is 1. The summed E-state index contributed by atoms with van der Waals surface area (Å²) in [5.74, 6) is 0.880. The van der Waals surface area contributed by atoms with Crippen LogP contribution < -0.4 is 25.2 Å².